The first kappa shape index (κ1) is 11.7. The van der Waals surface area contributed by atoms with E-state index in [0.717, 1.165) is 0 Å². The van der Waals surface area contributed by atoms with Gasteiger partial charge >= 0.3 is 0 Å². The lowest BCUT2D eigenvalue weighted by atomic mass is 9.81. The molecule has 1 aliphatic heterocycles. The average Bonchev–Trinajstić information content (AvgIpc) is 2.67. The molecule has 0 radical (unpaired) electrons. The fourth-order valence-corrected chi connectivity index (χ4v) is 3.16. The number of benzene rings is 1. The lowest BCUT2D eigenvalue weighted by molar-refractivity contribution is 0.354. The summed E-state index contributed by atoms with van der Waals surface area (Å²) in [5, 5.41) is 3.75. The maximum absolute atomic E-state index is 3.75. The monoisotopic (exact) mass is 217 g/mol. The summed E-state index contributed by atoms with van der Waals surface area (Å²) in [6, 6.07) is 6.89. The van der Waals surface area contributed by atoms with Crippen LogP contribution in [0.3, 0.4) is 0 Å². The van der Waals surface area contributed by atoms with E-state index in [1.54, 1.807) is 0 Å². The van der Waals surface area contributed by atoms with E-state index in [-0.39, 0.29) is 5.54 Å². The summed E-state index contributed by atoms with van der Waals surface area (Å²) in [5.74, 6) is 0. The van der Waals surface area contributed by atoms with Gasteiger partial charge in [-0.3, -0.25) is 0 Å². The highest BCUT2D eigenvalue weighted by Gasteiger charge is 2.35. The van der Waals surface area contributed by atoms with Crippen molar-refractivity contribution < 1.29 is 0 Å². The first-order valence-electron chi connectivity index (χ1n) is 6.51. The molecule has 0 aliphatic carbocycles. The van der Waals surface area contributed by atoms with Gasteiger partial charge in [-0.1, -0.05) is 37.1 Å². The Labute approximate surface area is 99.3 Å². The molecule has 0 bridgehead atoms. The molecule has 1 aromatic carbocycles. The van der Waals surface area contributed by atoms with Crippen LogP contribution in [0.2, 0.25) is 0 Å². The van der Waals surface area contributed by atoms with Gasteiger partial charge in [0.05, 0.1) is 0 Å². The molecule has 1 fully saturated rings. The molecule has 0 amide bonds. The van der Waals surface area contributed by atoms with Crippen molar-refractivity contribution in [2.24, 2.45) is 0 Å². The van der Waals surface area contributed by atoms with Crippen molar-refractivity contribution >= 4 is 0 Å². The van der Waals surface area contributed by atoms with Crippen molar-refractivity contribution in [1.29, 1.82) is 0 Å². The van der Waals surface area contributed by atoms with Gasteiger partial charge in [-0.25, -0.2) is 0 Å². The Morgan fingerprint density at radius 2 is 2.12 bits per heavy atom. The van der Waals surface area contributed by atoms with Crippen LogP contribution in [0.4, 0.5) is 0 Å². The first-order valence-corrected chi connectivity index (χ1v) is 6.51. The number of hydrogen-bond donors (Lipinski definition) is 1. The third kappa shape index (κ3) is 2.01. The summed E-state index contributed by atoms with van der Waals surface area (Å²) in [6.45, 7) is 7.88. The Morgan fingerprint density at radius 3 is 2.69 bits per heavy atom. The highest BCUT2D eigenvalue weighted by molar-refractivity contribution is 5.36. The Hall–Kier alpha value is -0.820. The van der Waals surface area contributed by atoms with Crippen LogP contribution in [0, 0.1) is 13.8 Å². The molecule has 1 saturated heterocycles. The van der Waals surface area contributed by atoms with Crippen molar-refractivity contribution in [1.82, 2.24) is 5.32 Å². The van der Waals surface area contributed by atoms with E-state index in [2.05, 4.69) is 44.3 Å². The van der Waals surface area contributed by atoms with Gasteiger partial charge in [0.2, 0.25) is 0 Å². The molecule has 1 heteroatoms. The smallest absolute Gasteiger partial charge is 0.0437 e. The van der Waals surface area contributed by atoms with Crippen LogP contribution in [-0.4, -0.2) is 6.54 Å². The molecule has 0 aromatic heterocycles. The number of rotatable bonds is 3. The van der Waals surface area contributed by atoms with E-state index >= 15 is 0 Å². The van der Waals surface area contributed by atoms with Crippen LogP contribution in [-0.2, 0) is 5.54 Å². The summed E-state index contributed by atoms with van der Waals surface area (Å²) >= 11 is 0. The SMILES string of the molecule is CCCC1(c2ccc(C)cc2C)CCCN1. The number of nitrogens with one attached hydrogen (secondary N) is 1. The van der Waals surface area contributed by atoms with Crippen molar-refractivity contribution in [3.05, 3.63) is 34.9 Å². The largest absolute Gasteiger partial charge is 0.307 e. The molecule has 16 heavy (non-hydrogen) atoms. The Balaban J connectivity index is 2.38. The van der Waals surface area contributed by atoms with Gasteiger partial charge in [0.1, 0.15) is 0 Å². The predicted molar refractivity (Wildman–Crippen MR) is 69.7 cm³/mol. The zero-order valence-electron chi connectivity index (χ0n) is 10.8. The van der Waals surface area contributed by atoms with Crippen LogP contribution >= 0.6 is 0 Å². The van der Waals surface area contributed by atoms with Crippen LogP contribution < -0.4 is 5.32 Å². The fourth-order valence-electron chi connectivity index (χ4n) is 3.16. The predicted octanol–water partition coefficient (Wildman–Crippen LogP) is 3.68. The van der Waals surface area contributed by atoms with Gasteiger partial charge in [-0.15, -0.1) is 0 Å². The van der Waals surface area contributed by atoms with Crippen LogP contribution in [0.5, 0.6) is 0 Å². The number of aryl methyl sites for hydroxylation is 2. The summed E-state index contributed by atoms with van der Waals surface area (Å²) in [7, 11) is 0. The molecule has 1 unspecified atom stereocenters. The zero-order chi connectivity index (χ0) is 11.6. The van der Waals surface area contributed by atoms with Gasteiger partial charge in [0, 0.05) is 5.54 Å². The van der Waals surface area contributed by atoms with Crippen molar-refractivity contribution in [2.75, 3.05) is 6.54 Å². The minimum atomic E-state index is 0.270. The molecule has 2 rings (SSSR count). The van der Waals surface area contributed by atoms with E-state index in [0.29, 0.717) is 0 Å². The van der Waals surface area contributed by atoms with Crippen LogP contribution in [0.15, 0.2) is 18.2 Å². The van der Waals surface area contributed by atoms with E-state index in [9.17, 15) is 0 Å². The second kappa shape index (κ2) is 4.58. The highest BCUT2D eigenvalue weighted by Crippen LogP contribution is 2.37. The second-order valence-electron chi connectivity index (χ2n) is 5.18. The zero-order valence-corrected chi connectivity index (χ0v) is 10.8. The quantitative estimate of drug-likeness (QED) is 0.814. The van der Waals surface area contributed by atoms with Gasteiger partial charge in [0.25, 0.3) is 0 Å². The third-order valence-corrected chi connectivity index (χ3v) is 3.82. The number of hydrogen-bond acceptors (Lipinski definition) is 1. The molecule has 88 valence electrons. The maximum Gasteiger partial charge on any atom is 0.0437 e. The topological polar surface area (TPSA) is 12.0 Å². The lowest BCUT2D eigenvalue weighted by Crippen LogP contribution is -2.37. The third-order valence-electron chi connectivity index (χ3n) is 3.82. The van der Waals surface area contributed by atoms with E-state index in [1.165, 1.54) is 48.9 Å². The summed E-state index contributed by atoms with van der Waals surface area (Å²) < 4.78 is 0. The maximum atomic E-state index is 3.75. The highest BCUT2D eigenvalue weighted by atomic mass is 15.0. The lowest BCUT2D eigenvalue weighted by Gasteiger charge is -2.31. The van der Waals surface area contributed by atoms with Gasteiger partial charge < -0.3 is 5.32 Å². The van der Waals surface area contributed by atoms with E-state index < -0.39 is 0 Å². The molecule has 1 aromatic rings. The minimum Gasteiger partial charge on any atom is -0.307 e. The minimum absolute atomic E-state index is 0.270. The summed E-state index contributed by atoms with van der Waals surface area (Å²) in [6.07, 6.45) is 5.12. The van der Waals surface area contributed by atoms with Gasteiger partial charge in [0.15, 0.2) is 0 Å². The summed E-state index contributed by atoms with van der Waals surface area (Å²) in [4.78, 5) is 0. The van der Waals surface area contributed by atoms with Crippen LogP contribution in [0.25, 0.3) is 0 Å². The van der Waals surface area contributed by atoms with E-state index in [1.807, 2.05) is 0 Å². The molecule has 0 spiro atoms. The first-order chi connectivity index (χ1) is 7.68. The Morgan fingerprint density at radius 1 is 1.31 bits per heavy atom. The van der Waals surface area contributed by atoms with E-state index in [4.69, 9.17) is 0 Å². The van der Waals surface area contributed by atoms with Gasteiger partial charge in [-0.2, -0.15) is 0 Å². The molecule has 1 nitrogen and oxygen atoms in total. The van der Waals surface area contributed by atoms with Crippen molar-refractivity contribution in [3.8, 4) is 0 Å². The molecular weight excluding hydrogens is 194 g/mol. The van der Waals surface area contributed by atoms with Crippen molar-refractivity contribution in [3.63, 3.8) is 0 Å². The second-order valence-corrected chi connectivity index (χ2v) is 5.18. The molecule has 1 heterocycles. The molecule has 0 saturated carbocycles. The molecular formula is C15H23N. The summed E-state index contributed by atoms with van der Waals surface area (Å²) in [5.41, 5.74) is 4.61. The Bertz CT molecular complexity index is 362. The average molecular weight is 217 g/mol. The molecule has 1 aliphatic rings. The van der Waals surface area contributed by atoms with Crippen molar-refractivity contribution in [2.45, 2.75) is 52.0 Å². The van der Waals surface area contributed by atoms with Gasteiger partial charge in [-0.05, 0) is 50.8 Å². The van der Waals surface area contributed by atoms with Crippen LogP contribution in [0.1, 0.15) is 49.3 Å². The molecule has 1 N–H and O–H groups in total. The molecule has 1 atom stereocenters. The fraction of sp³-hybridized carbons (Fsp3) is 0.600. The Kier molecular flexibility index (Phi) is 3.34. The normalized spacial score (nSPS) is 24.9. The standard InChI is InChI=1S/C15H23N/c1-4-8-15(9-5-10-16-15)14-7-6-12(2)11-13(14)3/h6-7,11,16H,4-5,8-10H2,1-3H3.